The zero-order valence-corrected chi connectivity index (χ0v) is 14.0. The van der Waals surface area contributed by atoms with Crippen LogP contribution in [0.5, 0.6) is 0 Å². The van der Waals surface area contributed by atoms with E-state index in [1.807, 2.05) is 0 Å². The van der Waals surface area contributed by atoms with E-state index in [0.717, 1.165) is 36.3 Å². The maximum Gasteiger partial charge on any atom is 0.306 e. The second kappa shape index (κ2) is 8.12. The van der Waals surface area contributed by atoms with Gasteiger partial charge in [0.05, 0.1) is 23.4 Å². The van der Waals surface area contributed by atoms with Gasteiger partial charge < -0.3 is 9.47 Å². The zero-order valence-electron chi connectivity index (χ0n) is 11.6. The number of thiophene rings is 1. The summed E-state index contributed by atoms with van der Waals surface area (Å²) < 4.78 is 11.6. The molecule has 2 rings (SSSR count). The monoisotopic (exact) mass is 361 g/mol. The Morgan fingerprint density at radius 3 is 3.05 bits per heavy atom. The molecule has 1 aromatic rings. The van der Waals surface area contributed by atoms with E-state index < -0.39 is 0 Å². The number of hydrogen-bond acceptors (Lipinski definition) is 5. The SMILES string of the molecule is COC(=O)CCN(Cc1ccc(Br)s1)CC1CCCO1. The number of esters is 1. The number of halogens is 1. The van der Waals surface area contributed by atoms with Crippen molar-refractivity contribution >= 4 is 33.2 Å². The number of rotatable bonds is 7. The Balaban J connectivity index is 1.89. The van der Waals surface area contributed by atoms with Crippen LogP contribution in [0.25, 0.3) is 0 Å². The molecule has 1 unspecified atom stereocenters. The zero-order chi connectivity index (χ0) is 14.4. The molecule has 0 bridgehead atoms. The second-order valence-electron chi connectivity index (χ2n) is 4.90. The summed E-state index contributed by atoms with van der Waals surface area (Å²) in [5, 5.41) is 0. The Hall–Kier alpha value is -0.430. The normalized spacial score (nSPS) is 18.6. The molecule has 1 saturated heterocycles. The molecule has 1 aliphatic heterocycles. The van der Waals surface area contributed by atoms with Gasteiger partial charge in [-0.3, -0.25) is 9.69 Å². The van der Waals surface area contributed by atoms with E-state index in [0.29, 0.717) is 19.1 Å². The molecule has 1 atom stereocenters. The number of carbonyl (C=O) groups is 1. The lowest BCUT2D eigenvalue weighted by Gasteiger charge is -2.24. The van der Waals surface area contributed by atoms with Crippen LogP contribution < -0.4 is 0 Å². The molecular formula is C14H20BrNO3S. The van der Waals surface area contributed by atoms with E-state index in [1.165, 1.54) is 12.0 Å². The summed E-state index contributed by atoms with van der Waals surface area (Å²) in [6.45, 7) is 3.31. The first kappa shape index (κ1) is 15.9. The van der Waals surface area contributed by atoms with Crippen LogP contribution in [0.15, 0.2) is 15.9 Å². The molecule has 1 aliphatic rings. The lowest BCUT2D eigenvalue weighted by molar-refractivity contribution is -0.141. The highest BCUT2D eigenvalue weighted by Gasteiger charge is 2.20. The van der Waals surface area contributed by atoms with Crippen molar-refractivity contribution in [1.29, 1.82) is 0 Å². The van der Waals surface area contributed by atoms with Gasteiger partial charge in [-0.25, -0.2) is 0 Å². The summed E-state index contributed by atoms with van der Waals surface area (Å²) in [6, 6.07) is 4.18. The predicted molar refractivity (Wildman–Crippen MR) is 82.9 cm³/mol. The van der Waals surface area contributed by atoms with Crippen molar-refractivity contribution < 1.29 is 14.3 Å². The van der Waals surface area contributed by atoms with E-state index in [2.05, 4.69) is 33.0 Å². The lowest BCUT2D eigenvalue weighted by atomic mass is 10.2. The van der Waals surface area contributed by atoms with Gasteiger partial charge >= 0.3 is 5.97 Å². The van der Waals surface area contributed by atoms with Crippen molar-refractivity contribution in [3.05, 3.63) is 20.8 Å². The van der Waals surface area contributed by atoms with Crippen LogP contribution in [0.1, 0.15) is 24.1 Å². The molecule has 0 saturated carbocycles. The van der Waals surface area contributed by atoms with E-state index in [1.54, 1.807) is 11.3 Å². The average molecular weight is 362 g/mol. The highest BCUT2D eigenvalue weighted by Crippen LogP contribution is 2.24. The minimum Gasteiger partial charge on any atom is -0.469 e. The topological polar surface area (TPSA) is 38.8 Å². The molecule has 0 radical (unpaired) electrons. The fourth-order valence-electron chi connectivity index (χ4n) is 2.32. The Kier molecular flexibility index (Phi) is 6.48. The second-order valence-corrected chi connectivity index (χ2v) is 7.45. The van der Waals surface area contributed by atoms with Crippen LogP contribution in [-0.2, 0) is 20.8 Å². The van der Waals surface area contributed by atoms with E-state index in [-0.39, 0.29) is 5.97 Å². The summed E-state index contributed by atoms with van der Waals surface area (Å²) in [4.78, 5) is 14.9. The number of nitrogens with zero attached hydrogens (tertiary/aromatic N) is 1. The molecule has 0 N–H and O–H groups in total. The lowest BCUT2D eigenvalue weighted by Crippen LogP contribution is -2.33. The first-order chi connectivity index (χ1) is 9.67. The van der Waals surface area contributed by atoms with Crippen molar-refractivity contribution in [3.63, 3.8) is 0 Å². The molecule has 0 aromatic carbocycles. The van der Waals surface area contributed by atoms with Crippen molar-refractivity contribution in [2.45, 2.75) is 31.9 Å². The summed E-state index contributed by atoms with van der Waals surface area (Å²) in [5.74, 6) is -0.158. The number of ether oxygens (including phenoxy) is 2. The Morgan fingerprint density at radius 1 is 1.60 bits per heavy atom. The minimum atomic E-state index is -0.158. The fourth-order valence-corrected chi connectivity index (χ4v) is 3.85. The van der Waals surface area contributed by atoms with Crippen LogP contribution >= 0.6 is 27.3 Å². The van der Waals surface area contributed by atoms with Crippen molar-refractivity contribution in [1.82, 2.24) is 4.90 Å². The molecule has 0 amide bonds. The van der Waals surface area contributed by atoms with Gasteiger partial charge in [-0.05, 0) is 40.9 Å². The summed E-state index contributed by atoms with van der Waals surface area (Å²) in [7, 11) is 1.43. The number of hydrogen-bond donors (Lipinski definition) is 0. The van der Waals surface area contributed by atoms with Crippen LogP contribution in [0, 0.1) is 0 Å². The number of carbonyl (C=O) groups excluding carboxylic acids is 1. The maximum absolute atomic E-state index is 11.3. The number of methoxy groups -OCH3 is 1. The maximum atomic E-state index is 11.3. The van der Waals surface area contributed by atoms with Crippen LogP contribution in [0.4, 0.5) is 0 Å². The fraction of sp³-hybridized carbons (Fsp3) is 0.643. The smallest absolute Gasteiger partial charge is 0.306 e. The first-order valence-electron chi connectivity index (χ1n) is 6.82. The Bertz CT molecular complexity index is 432. The molecule has 0 aliphatic carbocycles. The van der Waals surface area contributed by atoms with Gasteiger partial charge in [0.25, 0.3) is 0 Å². The van der Waals surface area contributed by atoms with Gasteiger partial charge in [0, 0.05) is 31.1 Å². The highest BCUT2D eigenvalue weighted by atomic mass is 79.9. The molecule has 1 fully saturated rings. The third-order valence-corrected chi connectivity index (χ3v) is 4.96. The van der Waals surface area contributed by atoms with Crippen molar-refractivity contribution in [2.75, 3.05) is 26.8 Å². The van der Waals surface area contributed by atoms with Crippen molar-refractivity contribution in [3.8, 4) is 0 Å². The van der Waals surface area contributed by atoms with Gasteiger partial charge in [0.2, 0.25) is 0 Å². The Labute approximate surface area is 132 Å². The molecule has 2 heterocycles. The summed E-state index contributed by atoms with van der Waals surface area (Å²) in [5.41, 5.74) is 0. The molecule has 6 heteroatoms. The standard InChI is InChI=1S/C14H20BrNO3S/c1-18-14(17)6-7-16(9-11-3-2-8-19-11)10-12-4-5-13(15)20-12/h4-5,11H,2-3,6-10H2,1H3. The predicted octanol–water partition coefficient (Wildman–Crippen LogP) is 3.05. The van der Waals surface area contributed by atoms with Gasteiger partial charge in [-0.2, -0.15) is 0 Å². The first-order valence-corrected chi connectivity index (χ1v) is 8.43. The van der Waals surface area contributed by atoms with Crippen LogP contribution in [0.3, 0.4) is 0 Å². The third kappa shape index (κ3) is 5.16. The molecule has 20 heavy (non-hydrogen) atoms. The summed E-state index contributed by atoms with van der Waals surface area (Å²) in [6.07, 6.45) is 2.98. The molecule has 112 valence electrons. The van der Waals surface area contributed by atoms with E-state index >= 15 is 0 Å². The van der Waals surface area contributed by atoms with Gasteiger partial charge in [-0.1, -0.05) is 0 Å². The van der Waals surface area contributed by atoms with Crippen LogP contribution in [0.2, 0.25) is 0 Å². The molecule has 4 nitrogen and oxygen atoms in total. The molecular weight excluding hydrogens is 342 g/mol. The molecule has 1 aromatic heterocycles. The third-order valence-electron chi connectivity index (χ3n) is 3.35. The van der Waals surface area contributed by atoms with E-state index in [9.17, 15) is 4.79 Å². The molecule has 0 spiro atoms. The quantitative estimate of drug-likeness (QED) is 0.699. The summed E-state index contributed by atoms with van der Waals surface area (Å²) >= 11 is 5.22. The largest absolute Gasteiger partial charge is 0.469 e. The average Bonchev–Trinajstić information content (AvgIpc) is 3.07. The minimum absolute atomic E-state index is 0.158. The van der Waals surface area contributed by atoms with Gasteiger partial charge in [0.1, 0.15) is 0 Å². The Morgan fingerprint density at radius 2 is 2.45 bits per heavy atom. The van der Waals surface area contributed by atoms with E-state index in [4.69, 9.17) is 9.47 Å². The van der Waals surface area contributed by atoms with Crippen molar-refractivity contribution in [2.24, 2.45) is 0 Å². The van der Waals surface area contributed by atoms with Gasteiger partial charge in [0.15, 0.2) is 0 Å². The highest BCUT2D eigenvalue weighted by molar-refractivity contribution is 9.11. The van der Waals surface area contributed by atoms with Crippen LogP contribution in [-0.4, -0.2) is 43.8 Å². The van der Waals surface area contributed by atoms with Gasteiger partial charge in [-0.15, -0.1) is 11.3 Å².